The molecular formula is C15H17N5O5S3. The molecule has 150 valence electrons. The van der Waals surface area contributed by atoms with E-state index >= 15 is 0 Å². The van der Waals surface area contributed by atoms with Crippen LogP contribution in [0.3, 0.4) is 0 Å². The normalized spacial score (nSPS) is 21.9. The number of β-lactam (4-membered cyclic amide) rings is 1. The van der Waals surface area contributed by atoms with Crippen molar-refractivity contribution in [3.63, 3.8) is 0 Å². The highest BCUT2D eigenvalue weighted by atomic mass is 32.2. The number of fused-ring (bicyclic) bond motifs is 1. The summed E-state index contributed by atoms with van der Waals surface area (Å²) in [6.07, 6.45) is 1.87. The Labute approximate surface area is 172 Å². The second-order valence-corrected chi connectivity index (χ2v) is 8.61. The molecule has 0 unspecified atom stereocenters. The Morgan fingerprint density at radius 3 is 2.89 bits per heavy atom. The summed E-state index contributed by atoms with van der Waals surface area (Å²) in [5.41, 5.74) is 6.42. The summed E-state index contributed by atoms with van der Waals surface area (Å²) in [7, 11) is 1.29. The van der Waals surface area contributed by atoms with Crippen LogP contribution in [0.2, 0.25) is 0 Å². The summed E-state index contributed by atoms with van der Waals surface area (Å²) in [6, 6.07) is -0.860. The van der Waals surface area contributed by atoms with Gasteiger partial charge in [-0.15, -0.1) is 23.1 Å². The second-order valence-electron chi connectivity index (χ2n) is 5.74. The van der Waals surface area contributed by atoms with Crippen molar-refractivity contribution in [1.82, 2.24) is 15.2 Å². The van der Waals surface area contributed by atoms with Crippen LogP contribution in [0.1, 0.15) is 5.69 Å². The fourth-order valence-corrected chi connectivity index (χ4v) is 5.48. The van der Waals surface area contributed by atoms with E-state index in [9.17, 15) is 19.5 Å². The summed E-state index contributed by atoms with van der Waals surface area (Å²) < 4.78 is 0. The van der Waals surface area contributed by atoms with Crippen LogP contribution < -0.4 is 11.1 Å². The number of carboxylic acids is 1. The average Bonchev–Trinajstić information content (AvgIpc) is 3.09. The number of rotatable bonds is 7. The number of thiazole rings is 1. The number of thioether (sulfide) groups is 2. The van der Waals surface area contributed by atoms with Crippen LogP contribution in [-0.2, 0) is 19.2 Å². The third-order valence-electron chi connectivity index (χ3n) is 4.02. The van der Waals surface area contributed by atoms with Gasteiger partial charge < -0.3 is 21.0 Å². The van der Waals surface area contributed by atoms with E-state index in [1.807, 2.05) is 6.26 Å². The Bertz CT molecular complexity index is 883. The number of nitrogens with zero attached hydrogens (tertiary/aromatic N) is 3. The van der Waals surface area contributed by atoms with Crippen molar-refractivity contribution in [2.45, 2.75) is 11.4 Å². The van der Waals surface area contributed by atoms with Crippen LogP contribution in [-0.4, -0.2) is 74.8 Å². The molecule has 1 fully saturated rings. The first-order chi connectivity index (χ1) is 13.4. The number of nitrogen functional groups attached to an aromatic ring is 1. The highest BCUT2D eigenvalue weighted by Crippen LogP contribution is 2.40. The molecule has 13 heteroatoms. The van der Waals surface area contributed by atoms with Crippen LogP contribution in [0, 0.1) is 0 Å². The SMILES string of the molecule is CO/N=C(\C(=O)N[C@@H]1C(=O)N2C(C(=O)O)=C(CSC)CS[C@H]12)c1csc(N)n1. The lowest BCUT2D eigenvalue weighted by Crippen LogP contribution is -2.71. The number of aromatic nitrogens is 1. The molecule has 1 saturated heterocycles. The third kappa shape index (κ3) is 3.69. The highest BCUT2D eigenvalue weighted by molar-refractivity contribution is 8.00. The van der Waals surface area contributed by atoms with Crippen molar-refractivity contribution in [3.8, 4) is 0 Å². The number of amides is 2. The van der Waals surface area contributed by atoms with Gasteiger partial charge in [-0.05, 0) is 11.8 Å². The summed E-state index contributed by atoms with van der Waals surface area (Å²) in [6.45, 7) is 0. The molecule has 1 aromatic rings. The van der Waals surface area contributed by atoms with E-state index in [0.29, 0.717) is 17.1 Å². The summed E-state index contributed by atoms with van der Waals surface area (Å²) >= 11 is 4.04. The number of nitrogens with two attached hydrogens (primary N) is 1. The number of hydrogen-bond acceptors (Lipinski definition) is 10. The molecule has 4 N–H and O–H groups in total. The number of anilines is 1. The second kappa shape index (κ2) is 8.41. The van der Waals surface area contributed by atoms with Crippen molar-refractivity contribution in [2.24, 2.45) is 5.16 Å². The Kier molecular flexibility index (Phi) is 6.15. The van der Waals surface area contributed by atoms with Gasteiger partial charge in [0.05, 0.1) is 0 Å². The van der Waals surface area contributed by atoms with Gasteiger partial charge in [0.15, 0.2) is 10.8 Å². The van der Waals surface area contributed by atoms with E-state index < -0.39 is 29.2 Å². The monoisotopic (exact) mass is 443 g/mol. The maximum atomic E-state index is 12.6. The maximum absolute atomic E-state index is 12.6. The van der Waals surface area contributed by atoms with Crippen molar-refractivity contribution >= 4 is 63.5 Å². The van der Waals surface area contributed by atoms with Crippen LogP contribution in [0.25, 0.3) is 0 Å². The van der Waals surface area contributed by atoms with E-state index in [1.54, 1.807) is 5.38 Å². The lowest BCUT2D eigenvalue weighted by Gasteiger charge is -2.49. The summed E-state index contributed by atoms with van der Waals surface area (Å²) in [5, 5.41) is 17.2. The van der Waals surface area contributed by atoms with E-state index in [-0.39, 0.29) is 22.2 Å². The molecule has 1 aromatic heterocycles. The zero-order valence-electron chi connectivity index (χ0n) is 14.9. The molecule has 2 aliphatic heterocycles. The van der Waals surface area contributed by atoms with Gasteiger partial charge in [-0.25, -0.2) is 9.78 Å². The lowest BCUT2D eigenvalue weighted by molar-refractivity contribution is -0.150. The minimum Gasteiger partial charge on any atom is -0.477 e. The molecule has 2 amide bonds. The maximum Gasteiger partial charge on any atom is 0.352 e. The van der Waals surface area contributed by atoms with Gasteiger partial charge in [-0.1, -0.05) is 5.16 Å². The van der Waals surface area contributed by atoms with Crippen LogP contribution in [0.5, 0.6) is 0 Å². The molecule has 3 heterocycles. The van der Waals surface area contributed by atoms with Crippen LogP contribution in [0.15, 0.2) is 21.8 Å². The standard InChI is InChI=1S/C15H17N5O5S3/c1-25-19-8(7-5-28-15(16)17-7)11(21)18-9-12(22)20-10(14(23)24)6(3-26-2)4-27-13(9)20/h5,9,13H,3-4H2,1-2H3,(H2,16,17)(H,18,21)(H,23,24)/b19-8-/t9-,13-/m1/s1. The highest BCUT2D eigenvalue weighted by Gasteiger charge is 2.54. The smallest absolute Gasteiger partial charge is 0.352 e. The molecule has 0 bridgehead atoms. The van der Waals surface area contributed by atoms with Crippen molar-refractivity contribution < 1.29 is 24.3 Å². The minimum atomic E-state index is -1.15. The third-order valence-corrected chi connectivity index (χ3v) is 6.67. The van der Waals surface area contributed by atoms with Crippen LogP contribution >= 0.6 is 34.9 Å². The predicted octanol–water partition coefficient (Wildman–Crippen LogP) is 0.177. The van der Waals surface area contributed by atoms with Crippen molar-refractivity contribution in [3.05, 3.63) is 22.3 Å². The average molecular weight is 444 g/mol. The number of carbonyl (C=O) groups excluding carboxylic acids is 2. The van der Waals surface area contributed by atoms with Gasteiger partial charge >= 0.3 is 5.97 Å². The molecule has 28 heavy (non-hydrogen) atoms. The first kappa shape index (κ1) is 20.5. The molecule has 3 rings (SSSR count). The van der Waals surface area contributed by atoms with Gasteiger partial charge in [-0.2, -0.15) is 11.8 Å². The van der Waals surface area contributed by atoms with E-state index in [0.717, 1.165) is 11.3 Å². The van der Waals surface area contributed by atoms with E-state index in [4.69, 9.17) is 10.6 Å². The zero-order valence-corrected chi connectivity index (χ0v) is 17.3. The predicted molar refractivity (Wildman–Crippen MR) is 108 cm³/mol. The fourth-order valence-electron chi connectivity index (χ4n) is 2.87. The fraction of sp³-hybridized carbons (Fsp3) is 0.400. The molecule has 2 atom stereocenters. The lowest BCUT2D eigenvalue weighted by atomic mass is 10.0. The minimum absolute atomic E-state index is 0.00616. The van der Waals surface area contributed by atoms with Crippen LogP contribution in [0.4, 0.5) is 5.13 Å². The molecule has 0 aliphatic carbocycles. The summed E-state index contributed by atoms with van der Waals surface area (Å²) in [5.74, 6) is -1.27. The first-order valence-corrected chi connectivity index (χ1v) is 11.2. The largest absolute Gasteiger partial charge is 0.477 e. The summed E-state index contributed by atoms with van der Waals surface area (Å²) in [4.78, 5) is 46.9. The zero-order chi connectivity index (χ0) is 20.4. The van der Waals surface area contributed by atoms with Gasteiger partial charge in [0.1, 0.15) is 29.9 Å². The van der Waals surface area contributed by atoms with Gasteiger partial charge in [0.25, 0.3) is 11.8 Å². The van der Waals surface area contributed by atoms with Gasteiger partial charge in [0.2, 0.25) is 0 Å². The molecule has 0 spiro atoms. The molecule has 0 radical (unpaired) electrons. The molecule has 2 aliphatic rings. The Balaban J connectivity index is 1.78. The topological polar surface area (TPSA) is 147 Å². The van der Waals surface area contributed by atoms with E-state index in [2.05, 4.69) is 15.5 Å². The van der Waals surface area contributed by atoms with Crippen molar-refractivity contribution in [2.75, 3.05) is 30.6 Å². The molecule has 0 aromatic carbocycles. The number of nitrogens with one attached hydrogen (secondary N) is 1. The van der Waals surface area contributed by atoms with E-state index in [1.165, 1.54) is 35.5 Å². The molecular weight excluding hydrogens is 426 g/mol. The Hall–Kier alpha value is -2.25. The number of carboxylic acid groups (broad SMARTS) is 1. The van der Waals surface area contributed by atoms with Gasteiger partial charge in [-0.3, -0.25) is 14.5 Å². The number of oxime groups is 1. The number of aliphatic carboxylic acids is 1. The van der Waals surface area contributed by atoms with Gasteiger partial charge in [0, 0.05) is 16.9 Å². The van der Waals surface area contributed by atoms with Crippen molar-refractivity contribution in [1.29, 1.82) is 0 Å². The first-order valence-electron chi connectivity index (χ1n) is 7.91. The Morgan fingerprint density at radius 1 is 1.57 bits per heavy atom. The molecule has 0 saturated carbocycles. The Morgan fingerprint density at radius 2 is 2.32 bits per heavy atom. The molecule has 10 nitrogen and oxygen atoms in total. The number of carbonyl (C=O) groups is 3. The quantitative estimate of drug-likeness (QED) is 0.305. The number of hydrogen-bond donors (Lipinski definition) is 3.